The van der Waals surface area contributed by atoms with Crippen LogP contribution in [0.2, 0.25) is 0 Å². The van der Waals surface area contributed by atoms with E-state index in [0.717, 1.165) is 49.1 Å². The number of fused-ring (bicyclic) bond motifs is 4. The van der Waals surface area contributed by atoms with Crippen LogP contribution in [0.1, 0.15) is 30.1 Å². The first-order chi connectivity index (χ1) is 15.1. The van der Waals surface area contributed by atoms with Gasteiger partial charge in [-0.1, -0.05) is 12.1 Å². The maximum Gasteiger partial charge on any atom is 0.275 e. The van der Waals surface area contributed by atoms with Crippen molar-refractivity contribution in [2.24, 2.45) is 5.92 Å². The minimum atomic E-state index is -0.273. The van der Waals surface area contributed by atoms with Gasteiger partial charge in [-0.3, -0.25) is 4.79 Å². The molecule has 0 aliphatic carbocycles. The topological polar surface area (TPSA) is 56.6 Å². The van der Waals surface area contributed by atoms with Crippen LogP contribution in [0.25, 0.3) is 10.8 Å². The summed E-state index contributed by atoms with van der Waals surface area (Å²) in [6.45, 7) is 3.04. The van der Waals surface area contributed by atoms with Crippen LogP contribution in [0.5, 0.6) is 11.5 Å². The number of hydrogen-bond donors (Lipinski definition) is 0. The lowest BCUT2D eigenvalue weighted by atomic mass is 9.84. The Morgan fingerprint density at radius 2 is 1.68 bits per heavy atom. The third-order valence-electron chi connectivity index (χ3n) is 6.72. The first-order valence-electron chi connectivity index (χ1n) is 10.7. The molecule has 0 N–H and O–H groups in total. The van der Waals surface area contributed by atoms with E-state index in [1.807, 2.05) is 6.07 Å². The SMILES string of the molecule is COc1cc2c(Cc3ccc(F)cc3)nn(C3CN4CCC3CC4)c(=O)c2cc1OC. The molecule has 2 bridgehead atoms. The number of benzene rings is 2. The van der Waals surface area contributed by atoms with Crippen LogP contribution in [-0.4, -0.2) is 48.5 Å². The largest absolute Gasteiger partial charge is 0.493 e. The second-order valence-corrected chi connectivity index (χ2v) is 8.46. The number of aromatic nitrogens is 2. The first kappa shape index (κ1) is 20.0. The molecule has 0 saturated carbocycles. The normalized spacial score (nSPS) is 22.6. The number of piperidine rings is 3. The third-order valence-corrected chi connectivity index (χ3v) is 6.72. The van der Waals surface area contributed by atoms with E-state index < -0.39 is 0 Å². The third kappa shape index (κ3) is 3.57. The molecule has 3 aromatic rings. The van der Waals surface area contributed by atoms with Crippen molar-refractivity contribution in [1.82, 2.24) is 14.7 Å². The van der Waals surface area contributed by atoms with Crippen molar-refractivity contribution < 1.29 is 13.9 Å². The summed E-state index contributed by atoms with van der Waals surface area (Å²) in [4.78, 5) is 16.0. The molecule has 3 aliphatic heterocycles. The van der Waals surface area contributed by atoms with Gasteiger partial charge in [0.1, 0.15) is 5.82 Å². The monoisotopic (exact) mass is 423 g/mol. The molecule has 3 aliphatic rings. The average Bonchev–Trinajstić information content (AvgIpc) is 2.82. The second kappa shape index (κ2) is 7.96. The molecule has 0 amide bonds. The molecule has 0 radical (unpaired) electrons. The molecule has 1 atom stereocenters. The number of halogens is 1. The molecular formula is C24H26FN3O3. The van der Waals surface area contributed by atoms with Gasteiger partial charge in [-0.2, -0.15) is 5.10 Å². The van der Waals surface area contributed by atoms with Gasteiger partial charge >= 0.3 is 0 Å². The van der Waals surface area contributed by atoms with Gasteiger partial charge < -0.3 is 14.4 Å². The van der Waals surface area contributed by atoms with Gasteiger partial charge in [0.2, 0.25) is 0 Å². The average molecular weight is 423 g/mol. The lowest BCUT2D eigenvalue weighted by molar-refractivity contribution is 0.0489. The van der Waals surface area contributed by atoms with Gasteiger partial charge in [0.25, 0.3) is 5.56 Å². The van der Waals surface area contributed by atoms with Crippen molar-refractivity contribution in [3.8, 4) is 11.5 Å². The number of rotatable bonds is 5. The Bertz CT molecular complexity index is 1170. The fourth-order valence-electron chi connectivity index (χ4n) is 5.01. The zero-order valence-corrected chi connectivity index (χ0v) is 17.8. The highest BCUT2D eigenvalue weighted by Gasteiger charge is 2.36. The molecule has 4 heterocycles. The van der Waals surface area contributed by atoms with Crippen molar-refractivity contribution in [2.45, 2.75) is 25.3 Å². The van der Waals surface area contributed by atoms with Crippen molar-refractivity contribution in [1.29, 1.82) is 0 Å². The summed E-state index contributed by atoms with van der Waals surface area (Å²) in [6.07, 6.45) is 2.68. The maximum absolute atomic E-state index is 13.6. The van der Waals surface area contributed by atoms with Gasteiger partial charge in [0.15, 0.2) is 11.5 Å². The van der Waals surface area contributed by atoms with Crippen LogP contribution in [0.3, 0.4) is 0 Å². The minimum Gasteiger partial charge on any atom is -0.493 e. The highest BCUT2D eigenvalue weighted by atomic mass is 19.1. The summed E-state index contributed by atoms with van der Waals surface area (Å²) < 4.78 is 26.0. The van der Waals surface area contributed by atoms with Crippen LogP contribution >= 0.6 is 0 Å². The zero-order chi connectivity index (χ0) is 21.5. The summed E-state index contributed by atoms with van der Waals surface area (Å²) >= 11 is 0. The molecule has 2 aromatic carbocycles. The highest BCUT2D eigenvalue weighted by molar-refractivity contribution is 5.87. The highest BCUT2D eigenvalue weighted by Crippen LogP contribution is 2.36. The van der Waals surface area contributed by atoms with Crippen molar-refractivity contribution >= 4 is 10.8 Å². The smallest absolute Gasteiger partial charge is 0.275 e. The van der Waals surface area contributed by atoms with Gasteiger partial charge in [-0.15, -0.1) is 0 Å². The molecule has 162 valence electrons. The molecule has 7 heteroatoms. The number of nitrogens with zero attached hydrogens (tertiary/aromatic N) is 3. The Hall–Kier alpha value is -2.93. The lowest BCUT2D eigenvalue weighted by Gasteiger charge is -2.44. The van der Waals surface area contributed by atoms with E-state index in [9.17, 15) is 9.18 Å². The molecule has 31 heavy (non-hydrogen) atoms. The quantitative estimate of drug-likeness (QED) is 0.630. The van der Waals surface area contributed by atoms with Crippen LogP contribution in [0, 0.1) is 11.7 Å². The Kier molecular flexibility index (Phi) is 5.14. The van der Waals surface area contributed by atoms with Crippen LogP contribution in [-0.2, 0) is 6.42 Å². The van der Waals surface area contributed by atoms with E-state index in [2.05, 4.69) is 4.90 Å². The van der Waals surface area contributed by atoms with Gasteiger partial charge in [-0.25, -0.2) is 9.07 Å². The Balaban J connectivity index is 1.69. The van der Waals surface area contributed by atoms with E-state index in [4.69, 9.17) is 14.6 Å². The summed E-state index contributed by atoms with van der Waals surface area (Å²) in [7, 11) is 3.14. The van der Waals surface area contributed by atoms with Crippen molar-refractivity contribution in [3.05, 3.63) is 63.8 Å². The van der Waals surface area contributed by atoms with Gasteiger partial charge in [0.05, 0.1) is 31.3 Å². The fraction of sp³-hybridized carbons (Fsp3) is 0.417. The fourth-order valence-corrected chi connectivity index (χ4v) is 5.01. The number of methoxy groups -OCH3 is 2. The Morgan fingerprint density at radius 1 is 1.03 bits per heavy atom. The molecule has 6 nitrogen and oxygen atoms in total. The molecule has 1 aromatic heterocycles. The minimum absolute atomic E-state index is 0.0689. The molecule has 3 saturated heterocycles. The maximum atomic E-state index is 13.6. The lowest BCUT2D eigenvalue weighted by Crippen LogP contribution is -2.50. The number of ether oxygens (including phenoxy) is 2. The van der Waals surface area contributed by atoms with E-state index in [1.54, 1.807) is 37.1 Å². The molecule has 3 fully saturated rings. The van der Waals surface area contributed by atoms with Crippen molar-refractivity contribution in [2.75, 3.05) is 33.9 Å². The first-order valence-corrected chi connectivity index (χ1v) is 10.7. The van der Waals surface area contributed by atoms with E-state index in [-0.39, 0.29) is 17.4 Å². The van der Waals surface area contributed by atoms with Gasteiger partial charge in [0, 0.05) is 18.4 Å². The zero-order valence-electron chi connectivity index (χ0n) is 17.8. The van der Waals surface area contributed by atoms with Gasteiger partial charge in [-0.05, 0) is 61.7 Å². The van der Waals surface area contributed by atoms with E-state index in [1.165, 1.54) is 12.1 Å². The van der Waals surface area contributed by atoms with Crippen LogP contribution < -0.4 is 15.0 Å². The van der Waals surface area contributed by atoms with E-state index in [0.29, 0.717) is 29.2 Å². The molecule has 1 unspecified atom stereocenters. The standard InChI is InChI=1S/C24H26FN3O3/c1-30-22-12-18-19(13-23(22)31-2)24(29)28(21-14-27-9-7-16(21)8-10-27)26-20(18)11-15-3-5-17(25)6-4-15/h3-6,12-13,16,21H,7-11,14H2,1-2H3. The molecule has 6 rings (SSSR count). The Morgan fingerprint density at radius 3 is 2.26 bits per heavy atom. The second-order valence-electron chi connectivity index (χ2n) is 8.46. The van der Waals surface area contributed by atoms with Crippen LogP contribution in [0.15, 0.2) is 41.2 Å². The number of hydrogen-bond acceptors (Lipinski definition) is 5. The summed E-state index contributed by atoms with van der Waals surface area (Å²) in [5.74, 6) is 1.26. The van der Waals surface area contributed by atoms with Crippen molar-refractivity contribution in [3.63, 3.8) is 0 Å². The van der Waals surface area contributed by atoms with Crippen LogP contribution in [0.4, 0.5) is 4.39 Å². The summed E-state index contributed by atoms with van der Waals surface area (Å²) in [5, 5.41) is 6.19. The predicted octanol–water partition coefficient (Wildman–Crippen LogP) is 3.41. The summed E-state index contributed by atoms with van der Waals surface area (Å²) in [6, 6.07) is 10.1. The predicted molar refractivity (Wildman–Crippen MR) is 117 cm³/mol. The molecular weight excluding hydrogens is 397 g/mol. The Labute approximate surface area is 180 Å². The molecule has 0 spiro atoms. The van der Waals surface area contributed by atoms with E-state index >= 15 is 0 Å². The summed E-state index contributed by atoms with van der Waals surface area (Å²) in [5.41, 5.74) is 1.61.